The van der Waals surface area contributed by atoms with Crippen molar-refractivity contribution in [2.75, 3.05) is 0 Å². The second kappa shape index (κ2) is 5.80. The van der Waals surface area contributed by atoms with Crippen molar-refractivity contribution in [3.63, 3.8) is 0 Å². The fourth-order valence-electron chi connectivity index (χ4n) is 2.48. The summed E-state index contributed by atoms with van der Waals surface area (Å²) in [5.74, 6) is -0.901. The molecule has 3 rings (SSSR count). The van der Waals surface area contributed by atoms with E-state index in [9.17, 15) is 15.2 Å². The van der Waals surface area contributed by atoms with E-state index in [1.54, 1.807) is 24.3 Å². The smallest absolute Gasteiger partial charge is 0.228 e. The fourth-order valence-corrected chi connectivity index (χ4v) is 2.73. The lowest BCUT2D eigenvalue weighted by molar-refractivity contribution is 0.231. The average Bonchev–Trinajstić information content (AvgIpc) is 2.55. The Morgan fingerprint density at radius 1 is 1.39 bits per heavy atom. The molecule has 116 valence electrons. The summed E-state index contributed by atoms with van der Waals surface area (Å²) in [4.78, 5) is 12.2. The SMILES string of the molecule is N#CC1=C(N)Oc2c(oc(CO)cc2=O)[C@H]1c1ccccc1Cl. The number of hydrogen-bond donors (Lipinski definition) is 2. The molecule has 0 unspecified atom stereocenters. The quantitative estimate of drug-likeness (QED) is 0.871. The molecule has 1 aliphatic rings. The van der Waals surface area contributed by atoms with Crippen LogP contribution in [0, 0.1) is 11.3 Å². The van der Waals surface area contributed by atoms with Crippen LogP contribution in [0.1, 0.15) is 23.0 Å². The third-order valence-electron chi connectivity index (χ3n) is 3.50. The largest absolute Gasteiger partial charge is 0.458 e. The van der Waals surface area contributed by atoms with E-state index in [1.165, 1.54) is 0 Å². The van der Waals surface area contributed by atoms with Crippen LogP contribution in [0.3, 0.4) is 0 Å². The molecular formula is C16H11ClN2O4. The van der Waals surface area contributed by atoms with Crippen molar-refractivity contribution in [2.24, 2.45) is 5.73 Å². The highest BCUT2D eigenvalue weighted by atomic mass is 35.5. The van der Waals surface area contributed by atoms with Gasteiger partial charge in [0.05, 0.1) is 5.92 Å². The van der Waals surface area contributed by atoms with E-state index in [0.717, 1.165) is 6.07 Å². The molecule has 1 aromatic heterocycles. The van der Waals surface area contributed by atoms with Crippen molar-refractivity contribution in [1.29, 1.82) is 5.26 Å². The minimum Gasteiger partial charge on any atom is -0.458 e. The number of aliphatic hydroxyl groups excluding tert-OH is 1. The molecule has 0 aliphatic carbocycles. The molecule has 0 spiro atoms. The van der Waals surface area contributed by atoms with Crippen molar-refractivity contribution in [3.8, 4) is 11.8 Å². The molecule has 1 aliphatic heterocycles. The number of benzene rings is 1. The maximum absolute atomic E-state index is 12.2. The number of halogens is 1. The highest BCUT2D eigenvalue weighted by Gasteiger charge is 2.36. The van der Waals surface area contributed by atoms with Crippen LogP contribution in [0.2, 0.25) is 5.02 Å². The molecule has 0 saturated carbocycles. The summed E-state index contributed by atoms with van der Waals surface area (Å²) in [6.07, 6.45) is 0. The zero-order chi connectivity index (χ0) is 16.6. The summed E-state index contributed by atoms with van der Waals surface area (Å²) < 4.78 is 10.8. The zero-order valence-corrected chi connectivity index (χ0v) is 12.5. The van der Waals surface area contributed by atoms with E-state index < -0.39 is 18.0 Å². The van der Waals surface area contributed by atoms with Crippen LogP contribution in [0.25, 0.3) is 0 Å². The second-order valence-corrected chi connectivity index (χ2v) is 5.28. The van der Waals surface area contributed by atoms with Gasteiger partial charge in [-0.15, -0.1) is 0 Å². The third kappa shape index (κ3) is 2.46. The molecule has 7 heteroatoms. The maximum atomic E-state index is 12.2. The summed E-state index contributed by atoms with van der Waals surface area (Å²) >= 11 is 6.22. The van der Waals surface area contributed by atoms with E-state index in [0.29, 0.717) is 10.6 Å². The van der Waals surface area contributed by atoms with Gasteiger partial charge in [-0.1, -0.05) is 29.8 Å². The Kier molecular flexibility index (Phi) is 3.82. The first-order valence-electron chi connectivity index (χ1n) is 6.66. The Hall–Kier alpha value is -2.75. The van der Waals surface area contributed by atoms with E-state index in [2.05, 4.69) is 0 Å². The third-order valence-corrected chi connectivity index (χ3v) is 3.85. The molecule has 6 nitrogen and oxygen atoms in total. The highest BCUT2D eigenvalue weighted by molar-refractivity contribution is 6.31. The summed E-state index contributed by atoms with van der Waals surface area (Å²) in [5.41, 5.74) is 5.93. The van der Waals surface area contributed by atoms with Crippen LogP contribution in [-0.4, -0.2) is 5.11 Å². The molecule has 0 radical (unpaired) electrons. The van der Waals surface area contributed by atoms with Crippen LogP contribution < -0.4 is 15.9 Å². The number of allylic oxidation sites excluding steroid dienone is 1. The zero-order valence-electron chi connectivity index (χ0n) is 11.7. The summed E-state index contributed by atoms with van der Waals surface area (Å²) in [6, 6.07) is 9.94. The van der Waals surface area contributed by atoms with Crippen LogP contribution in [0.15, 0.2) is 51.0 Å². The molecular weight excluding hydrogens is 320 g/mol. The number of ether oxygens (including phenoxy) is 1. The lowest BCUT2D eigenvalue weighted by Gasteiger charge is -2.25. The lowest BCUT2D eigenvalue weighted by atomic mass is 9.87. The van der Waals surface area contributed by atoms with Gasteiger partial charge in [0.1, 0.15) is 24.0 Å². The van der Waals surface area contributed by atoms with Gasteiger partial charge in [0.2, 0.25) is 17.1 Å². The normalized spacial score (nSPS) is 16.5. The molecule has 0 amide bonds. The van der Waals surface area contributed by atoms with E-state index in [4.69, 9.17) is 26.5 Å². The van der Waals surface area contributed by atoms with Crippen LogP contribution in [-0.2, 0) is 6.61 Å². The molecule has 2 heterocycles. The average molecular weight is 331 g/mol. The Bertz CT molecular complexity index is 911. The van der Waals surface area contributed by atoms with Gasteiger partial charge >= 0.3 is 0 Å². The number of nitrogens with zero attached hydrogens (tertiary/aromatic N) is 1. The standard InChI is InChI=1S/C16H11ClN2O4/c17-11-4-2-1-3-9(11)13-10(6-18)16(19)23-14-12(21)5-8(7-20)22-15(13)14/h1-5,13,20H,7,19H2/t13-/m0/s1. The van der Waals surface area contributed by atoms with Crippen LogP contribution in [0.4, 0.5) is 0 Å². The number of fused-ring (bicyclic) bond motifs is 1. The van der Waals surface area contributed by atoms with Gasteiger partial charge in [-0.25, -0.2) is 0 Å². The first kappa shape index (κ1) is 15.2. The minimum atomic E-state index is -0.781. The number of aliphatic hydroxyl groups is 1. The van der Waals surface area contributed by atoms with Crippen molar-refractivity contribution < 1.29 is 14.3 Å². The molecule has 2 aromatic rings. The molecule has 3 N–H and O–H groups in total. The van der Waals surface area contributed by atoms with Crippen molar-refractivity contribution in [3.05, 3.63) is 74.1 Å². The highest BCUT2D eigenvalue weighted by Crippen LogP contribution is 2.42. The van der Waals surface area contributed by atoms with E-state index in [-0.39, 0.29) is 28.7 Å². The number of nitriles is 1. The van der Waals surface area contributed by atoms with Crippen LogP contribution >= 0.6 is 11.6 Å². The lowest BCUT2D eigenvalue weighted by Crippen LogP contribution is -2.25. The topological polar surface area (TPSA) is 109 Å². The Morgan fingerprint density at radius 3 is 2.78 bits per heavy atom. The van der Waals surface area contributed by atoms with Crippen molar-refractivity contribution >= 4 is 11.6 Å². The minimum absolute atomic E-state index is 0.0622. The van der Waals surface area contributed by atoms with Gasteiger partial charge < -0.3 is 20.0 Å². The molecule has 0 saturated heterocycles. The predicted molar refractivity (Wildman–Crippen MR) is 81.7 cm³/mol. The molecule has 23 heavy (non-hydrogen) atoms. The first-order valence-corrected chi connectivity index (χ1v) is 7.04. The molecule has 1 aromatic carbocycles. The van der Waals surface area contributed by atoms with Gasteiger partial charge in [-0.2, -0.15) is 5.26 Å². The summed E-state index contributed by atoms with van der Waals surface area (Å²) in [6.45, 7) is -0.459. The Morgan fingerprint density at radius 2 is 2.13 bits per heavy atom. The van der Waals surface area contributed by atoms with Crippen LogP contribution in [0.5, 0.6) is 5.75 Å². The van der Waals surface area contributed by atoms with Gasteiger partial charge in [0, 0.05) is 11.1 Å². The molecule has 0 bridgehead atoms. The maximum Gasteiger partial charge on any atom is 0.228 e. The van der Waals surface area contributed by atoms with Gasteiger partial charge in [0.25, 0.3) is 0 Å². The second-order valence-electron chi connectivity index (χ2n) is 4.87. The Labute approximate surface area is 136 Å². The van der Waals surface area contributed by atoms with Gasteiger partial charge in [-0.3, -0.25) is 4.79 Å². The number of rotatable bonds is 2. The number of nitrogens with two attached hydrogens (primary N) is 1. The van der Waals surface area contributed by atoms with Crippen molar-refractivity contribution in [2.45, 2.75) is 12.5 Å². The Balaban J connectivity index is 2.34. The fraction of sp³-hybridized carbons (Fsp3) is 0.125. The number of hydrogen-bond acceptors (Lipinski definition) is 6. The molecule has 0 fully saturated rings. The van der Waals surface area contributed by atoms with Crippen molar-refractivity contribution in [1.82, 2.24) is 0 Å². The summed E-state index contributed by atoms with van der Waals surface area (Å²) in [5, 5.41) is 19.1. The predicted octanol–water partition coefficient (Wildman–Crippen LogP) is 2.00. The molecule has 1 atom stereocenters. The van der Waals surface area contributed by atoms with E-state index >= 15 is 0 Å². The first-order chi connectivity index (χ1) is 11.1. The van der Waals surface area contributed by atoms with Gasteiger partial charge in [-0.05, 0) is 11.6 Å². The summed E-state index contributed by atoms with van der Waals surface area (Å²) in [7, 11) is 0. The monoisotopic (exact) mass is 330 g/mol. The van der Waals surface area contributed by atoms with Gasteiger partial charge in [0.15, 0.2) is 5.76 Å². The van der Waals surface area contributed by atoms with E-state index in [1.807, 2.05) is 6.07 Å².